The van der Waals surface area contributed by atoms with E-state index in [-0.39, 0.29) is 0 Å². The maximum absolute atomic E-state index is 5.89. The summed E-state index contributed by atoms with van der Waals surface area (Å²) in [6.07, 6.45) is 0. The molecule has 0 aliphatic carbocycles. The first-order valence-corrected chi connectivity index (χ1v) is 7.34. The Morgan fingerprint density at radius 3 is 2.60 bits per heavy atom. The zero-order valence-corrected chi connectivity index (χ0v) is 12.4. The molecule has 0 amide bonds. The molecule has 0 spiro atoms. The summed E-state index contributed by atoms with van der Waals surface area (Å²) in [7, 11) is 4.11. The second-order valence-electron chi connectivity index (χ2n) is 5.12. The van der Waals surface area contributed by atoms with E-state index in [2.05, 4.69) is 66.4 Å². The SMILES string of the molecule is CN(C)Cc1sc(N)nc1-c1ccc2ccccc2c1. The van der Waals surface area contributed by atoms with Crippen LogP contribution in [0.1, 0.15) is 4.88 Å². The fourth-order valence-corrected chi connectivity index (χ4v) is 3.30. The van der Waals surface area contributed by atoms with Gasteiger partial charge in [0, 0.05) is 17.0 Å². The molecule has 0 aliphatic rings. The summed E-state index contributed by atoms with van der Waals surface area (Å²) in [6.45, 7) is 0.858. The number of hydrogen-bond acceptors (Lipinski definition) is 4. The van der Waals surface area contributed by atoms with Crippen LogP contribution in [0, 0.1) is 0 Å². The van der Waals surface area contributed by atoms with E-state index in [9.17, 15) is 0 Å². The largest absolute Gasteiger partial charge is 0.375 e. The highest BCUT2D eigenvalue weighted by molar-refractivity contribution is 7.15. The molecule has 102 valence electrons. The second kappa shape index (κ2) is 5.23. The number of aromatic nitrogens is 1. The number of nitrogen functional groups attached to an aromatic ring is 1. The van der Waals surface area contributed by atoms with Crippen LogP contribution in [0.3, 0.4) is 0 Å². The summed E-state index contributed by atoms with van der Waals surface area (Å²) in [5.41, 5.74) is 8.03. The van der Waals surface area contributed by atoms with Crippen LogP contribution in [0.4, 0.5) is 5.13 Å². The number of nitrogens with zero attached hydrogens (tertiary/aromatic N) is 2. The van der Waals surface area contributed by atoms with Gasteiger partial charge in [0.2, 0.25) is 0 Å². The maximum atomic E-state index is 5.89. The van der Waals surface area contributed by atoms with E-state index < -0.39 is 0 Å². The van der Waals surface area contributed by atoms with Gasteiger partial charge in [0.25, 0.3) is 0 Å². The lowest BCUT2D eigenvalue weighted by Gasteiger charge is -2.09. The summed E-state index contributed by atoms with van der Waals surface area (Å²) in [5, 5.41) is 3.10. The fourth-order valence-electron chi connectivity index (χ4n) is 2.33. The molecule has 0 saturated carbocycles. The number of rotatable bonds is 3. The predicted molar refractivity (Wildman–Crippen MR) is 86.9 cm³/mol. The Labute approximate surface area is 122 Å². The van der Waals surface area contributed by atoms with E-state index in [0.29, 0.717) is 5.13 Å². The van der Waals surface area contributed by atoms with Gasteiger partial charge in [-0.05, 0) is 30.9 Å². The first kappa shape index (κ1) is 13.1. The molecule has 1 heterocycles. The topological polar surface area (TPSA) is 42.1 Å². The summed E-state index contributed by atoms with van der Waals surface area (Å²) in [4.78, 5) is 7.86. The molecule has 4 heteroatoms. The van der Waals surface area contributed by atoms with Crippen LogP contribution in [0.2, 0.25) is 0 Å². The molecule has 0 bridgehead atoms. The summed E-state index contributed by atoms with van der Waals surface area (Å²) < 4.78 is 0. The first-order chi connectivity index (χ1) is 9.63. The molecule has 0 radical (unpaired) electrons. The van der Waals surface area contributed by atoms with Crippen LogP contribution in [0.15, 0.2) is 42.5 Å². The van der Waals surface area contributed by atoms with Crippen molar-refractivity contribution in [2.45, 2.75) is 6.54 Å². The van der Waals surface area contributed by atoms with E-state index in [1.807, 2.05) is 0 Å². The molecule has 3 aromatic rings. The van der Waals surface area contributed by atoms with Crippen molar-refractivity contribution in [2.24, 2.45) is 0 Å². The molecule has 0 atom stereocenters. The van der Waals surface area contributed by atoms with Gasteiger partial charge >= 0.3 is 0 Å². The van der Waals surface area contributed by atoms with Crippen LogP contribution in [-0.4, -0.2) is 24.0 Å². The molecular formula is C16H17N3S. The minimum absolute atomic E-state index is 0.630. The van der Waals surface area contributed by atoms with Gasteiger partial charge in [-0.25, -0.2) is 4.98 Å². The molecule has 0 fully saturated rings. The van der Waals surface area contributed by atoms with E-state index in [1.165, 1.54) is 15.6 Å². The van der Waals surface area contributed by atoms with Crippen LogP contribution < -0.4 is 5.73 Å². The Kier molecular flexibility index (Phi) is 3.42. The van der Waals surface area contributed by atoms with Crippen LogP contribution in [0.5, 0.6) is 0 Å². The van der Waals surface area contributed by atoms with Gasteiger partial charge in [0.1, 0.15) is 0 Å². The van der Waals surface area contributed by atoms with Gasteiger partial charge in [0.15, 0.2) is 5.13 Å². The van der Waals surface area contributed by atoms with Gasteiger partial charge < -0.3 is 10.6 Å². The molecule has 0 saturated heterocycles. The molecule has 0 aliphatic heterocycles. The fraction of sp³-hybridized carbons (Fsp3) is 0.188. The Balaban J connectivity index is 2.10. The molecule has 3 nitrogen and oxygen atoms in total. The monoisotopic (exact) mass is 283 g/mol. The lowest BCUT2D eigenvalue weighted by atomic mass is 10.0. The van der Waals surface area contributed by atoms with E-state index in [1.54, 1.807) is 11.3 Å². The lowest BCUT2D eigenvalue weighted by Crippen LogP contribution is -2.10. The average Bonchev–Trinajstić information content (AvgIpc) is 2.78. The van der Waals surface area contributed by atoms with E-state index in [4.69, 9.17) is 5.73 Å². The maximum Gasteiger partial charge on any atom is 0.180 e. The van der Waals surface area contributed by atoms with Crippen molar-refractivity contribution in [1.82, 2.24) is 9.88 Å². The Hall–Kier alpha value is -1.91. The van der Waals surface area contributed by atoms with Crippen LogP contribution >= 0.6 is 11.3 Å². The van der Waals surface area contributed by atoms with Gasteiger partial charge in [-0.2, -0.15) is 0 Å². The summed E-state index contributed by atoms with van der Waals surface area (Å²) >= 11 is 1.57. The average molecular weight is 283 g/mol. The van der Waals surface area contributed by atoms with Gasteiger partial charge in [-0.15, -0.1) is 11.3 Å². The Bertz CT molecular complexity index is 746. The number of benzene rings is 2. The van der Waals surface area contributed by atoms with Crippen molar-refractivity contribution in [3.8, 4) is 11.3 Å². The minimum Gasteiger partial charge on any atom is -0.375 e. The van der Waals surface area contributed by atoms with Crippen molar-refractivity contribution in [3.05, 3.63) is 47.3 Å². The normalized spacial score (nSPS) is 11.3. The number of nitrogens with two attached hydrogens (primary N) is 1. The van der Waals surface area contributed by atoms with Crippen molar-refractivity contribution >= 4 is 27.2 Å². The molecule has 1 aromatic heterocycles. The quantitative estimate of drug-likeness (QED) is 0.798. The standard InChI is InChI=1S/C16H17N3S/c1-19(2)10-14-15(18-16(17)20-14)13-8-7-11-5-3-4-6-12(11)9-13/h3-9H,10H2,1-2H3,(H2,17,18). The van der Waals surface area contributed by atoms with Gasteiger partial charge in [0.05, 0.1) is 5.69 Å². The highest BCUT2D eigenvalue weighted by Gasteiger charge is 2.12. The van der Waals surface area contributed by atoms with Crippen LogP contribution in [-0.2, 0) is 6.54 Å². The smallest absolute Gasteiger partial charge is 0.180 e. The molecular weight excluding hydrogens is 266 g/mol. The first-order valence-electron chi connectivity index (χ1n) is 6.52. The van der Waals surface area contributed by atoms with E-state index in [0.717, 1.165) is 17.8 Å². The lowest BCUT2D eigenvalue weighted by molar-refractivity contribution is 0.406. The summed E-state index contributed by atoms with van der Waals surface area (Å²) in [6, 6.07) is 14.8. The van der Waals surface area contributed by atoms with Gasteiger partial charge in [-0.1, -0.05) is 36.4 Å². The minimum atomic E-state index is 0.630. The zero-order valence-electron chi connectivity index (χ0n) is 11.6. The van der Waals surface area contributed by atoms with Crippen molar-refractivity contribution in [3.63, 3.8) is 0 Å². The number of hydrogen-bond donors (Lipinski definition) is 1. The number of anilines is 1. The number of fused-ring (bicyclic) bond motifs is 1. The van der Waals surface area contributed by atoms with Crippen LogP contribution in [0.25, 0.3) is 22.0 Å². The third-order valence-corrected chi connectivity index (χ3v) is 4.07. The molecule has 2 aromatic carbocycles. The highest BCUT2D eigenvalue weighted by Crippen LogP contribution is 2.32. The highest BCUT2D eigenvalue weighted by atomic mass is 32.1. The zero-order chi connectivity index (χ0) is 14.1. The van der Waals surface area contributed by atoms with E-state index >= 15 is 0 Å². The Morgan fingerprint density at radius 2 is 1.85 bits per heavy atom. The molecule has 20 heavy (non-hydrogen) atoms. The second-order valence-corrected chi connectivity index (χ2v) is 6.24. The molecule has 3 rings (SSSR count). The van der Waals surface area contributed by atoms with Crippen molar-refractivity contribution in [2.75, 3.05) is 19.8 Å². The third-order valence-electron chi connectivity index (χ3n) is 3.20. The Morgan fingerprint density at radius 1 is 1.10 bits per heavy atom. The number of thiazole rings is 1. The van der Waals surface area contributed by atoms with Crippen molar-refractivity contribution in [1.29, 1.82) is 0 Å². The molecule has 0 unspecified atom stereocenters. The van der Waals surface area contributed by atoms with Crippen molar-refractivity contribution < 1.29 is 0 Å². The predicted octanol–water partition coefficient (Wildman–Crippen LogP) is 3.61. The van der Waals surface area contributed by atoms with Gasteiger partial charge in [-0.3, -0.25) is 0 Å². The summed E-state index contributed by atoms with van der Waals surface area (Å²) in [5.74, 6) is 0. The molecule has 2 N–H and O–H groups in total. The third kappa shape index (κ3) is 2.53.